The van der Waals surface area contributed by atoms with Gasteiger partial charge in [-0.3, -0.25) is 4.99 Å². The number of carboxylic acid groups (broad SMARTS) is 1. The SMILES string of the molecule is CSCC[C@H](N=C(C)[O-])C(=O)O.[Na+]. The van der Waals surface area contributed by atoms with Crippen LogP contribution in [0.4, 0.5) is 0 Å². The van der Waals surface area contributed by atoms with Crippen LogP contribution in [0.3, 0.4) is 0 Å². The molecule has 0 aromatic rings. The van der Waals surface area contributed by atoms with Gasteiger partial charge in [0, 0.05) is 0 Å². The molecule has 13 heavy (non-hydrogen) atoms. The van der Waals surface area contributed by atoms with Gasteiger partial charge >= 0.3 is 35.5 Å². The number of carboxylic acids is 1. The first-order chi connectivity index (χ1) is 5.57. The molecule has 0 saturated heterocycles. The van der Waals surface area contributed by atoms with E-state index in [1.165, 1.54) is 18.7 Å². The fourth-order valence-corrected chi connectivity index (χ4v) is 1.15. The predicted octanol–water partition coefficient (Wildman–Crippen LogP) is -3.02. The van der Waals surface area contributed by atoms with E-state index in [4.69, 9.17) is 5.11 Å². The Hall–Kier alpha value is 0.290. The molecule has 6 heteroatoms. The van der Waals surface area contributed by atoms with Crippen molar-refractivity contribution in [2.45, 2.75) is 19.4 Å². The topological polar surface area (TPSA) is 72.7 Å². The Morgan fingerprint density at radius 1 is 1.69 bits per heavy atom. The van der Waals surface area contributed by atoms with E-state index in [9.17, 15) is 9.90 Å². The van der Waals surface area contributed by atoms with Crippen molar-refractivity contribution in [3.8, 4) is 0 Å². The molecule has 0 amide bonds. The molecular formula is C7H12NNaO3S. The van der Waals surface area contributed by atoms with E-state index in [1.807, 2.05) is 6.26 Å². The van der Waals surface area contributed by atoms with Crippen LogP contribution in [0.25, 0.3) is 0 Å². The maximum absolute atomic E-state index is 10.5. The summed E-state index contributed by atoms with van der Waals surface area (Å²) in [6, 6.07) is -0.866. The van der Waals surface area contributed by atoms with E-state index < -0.39 is 17.9 Å². The average molecular weight is 213 g/mol. The standard InChI is InChI=1S/C7H13NO3S.Na/c1-5(9)8-6(7(10)11)3-4-12-2;/h6H,3-4H2,1-2H3,(H,8,9)(H,10,11);/q;+1/p-1/t6-;/m0./s1. The first-order valence-electron chi connectivity index (χ1n) is 3.51. The number of nitrogens with zero attached hydrogens (tertiary/aromatic N) is 1. The van der Waals surface area contributed by atoms with Crippen LogP contribution in [0.1, 0.15) is 13.3 Å². The smallest absolute Gasteiger partial charge is 0.862 e. The van der Waals surface area contributed by atoms with Crippen molar-refractivity contribution in [3.63, 3.8) is 0 Å². The molecule has 0 aromatic heterocycles. The van der Waals surface area contributed by atoms with Crippen molar-refractivity contribution >= 4 is 23.6 Å². The number of hydrogen-bond acceptors (Lipinski definition) is 4. The van der Waals surface area contributed by atoms with Crippen molar-refractivity contribution in [1.82, 2.24) is 0 Å². The first kappa shape index (κ1) is 15.7. The van der Waals surface area contributed by atoms with E-state index in [0.29, 0.717) is 12.2 Å². The second-order valence-electron chi connectivity index (χ2n) is 2.28. The molecule has 0 aliphatic carbocycles. The number of thioether (sulfide) groups is 1. The Kier molecular flexibility index (Phi) is 10.7. The molecule has 1 N–H and O–H groups in total. The van der Waals surface area contributed by atoms with E-state index >= 15 is 0 Å². The molecule has 0 bridgehead atoms. The Bertz CT molecular complexity index is 183. The van der Waals surface area contributed by atoms with Crippen molar-refractivity contribution in [3.05, 3.63) is 0 Å². The molecule has 0 spiro atoms. The Morgan fingerprint density at radius 2 is 2.23 bits per heavy atom. The molecule has 0 aromatic carbocycles. The third kappa shape index (κ3) is 8.62. The molecule has 0 aliphatic heterocycles. The van der Waals surface area contributed by atoms with Gasteiger partial charge in [0.2, 0.25) is 0 Å². The quantitative estimate of drug-likeness (QED) is 0.300. The molecule has 0 rings (SSSR count). The zero-order valence-corrected chi connectivity index (χ0v) is 10.9. The van der Waals surface area contributed by atoms with Crippen LogP contribution in [0.5, 0.6) is 0 Å². The number of carbonyl (C=O) groups is 1. The minimum Gasteiger partial charge on any atom is -0.862 e. The van der Waals surface area contributed by atoms with Crippen LogP contribution < -0.4 is 34.7 Å². The summed E-state index contributed by atoms with van der Waals surface area (Å²) in [5.41, 5.74) is 0. The molecule has 0 unspecified atom stereocenters. The van der Waals surface area contributed by atoms with Crippen LogP contribution in [0.15, 0.2) is 4.99 Å². The van der Waals surface area contributed by atoms with Crippen molar-refractivity contribution in [2.24, 2.45) is 4.99 Å². The zero-order valence-electron chi connectivity index (χ0n) is 8.11. The molecule has 70 valence electrons. The Balaban J connectivity index is 0. The molecule has 0 fully saturated rings. The van der Waals surface area contributed by atoms with E-state index in [0.717, 1.165) is 0 Å². The largest absolute Gasteiger partial charge is 1.00 e. The van der Waals surface area contributed by atoms with Crippen LogP contribution >= 0.6 is 11.8 Å². The summed E-state index contributed by atoms with van der Waals surface area (Å²) in [6.45, 7) is 1.26. The van der Waals surface area contributed by atoms with Crippen LogP contribution in [0.2, 0.25) is 0 Å². The second-order valence-corrected chi connectivity index (χ2v) is 3.27. The van der Waals surface area contributed by atoms with Crippen LogP contribution in [-0.2, 0) is 4.79 Å². The first-order valence-corrected chi connectivity index (χ1v) is 4.90. The van der Waals surface area contributed by atoms with Crippen molar-refractivity contribution in [2.75, 3.05) is 12.0 Å². The van der Waals surface area contributed by atoms with Gasteiger partial charge in [-0.05, 0) is 31.3 Å². The third-order valence-corrected chi connectivity index (χ3v) is 1.86. The van der Waals surface area contributed by atoms with Crippen LogP contribution in [-0.4, -0.2) is 35.0 Å². The molecule has 0 radical (unpaired) electrons. The van der Waals surface area contributed by atoms with Gasteiger partial charge in [0.05, 0.1) is 0 Å². The molecule has 0 saturated carbocycles. The monoisotopic (exact) mass is 213 g/mol. The summed E-state index contributed by atoms with van der Waals surface area (Å²) in [5.74, 6) is -0.754. The Morgan fingerprint density at radius 3 is 2.54 bits per heavy atom. The number of hydrogen-bond donors (Lipinski definition) is 1. The van der Waals surface area contributed by atoms with Gasteiger partial charge in [0.15, 0.2) is 0 Å². The third-order valence-electron chi connectivity index (χ3n) is 1.22. The second kappa shape index (κ2) is 8.87. The average Bonchev–Trinajstić information content (AvgIpc) is 1.96. The minimum absolute atomic E-state index is 0. The van der Waals surface area contributed by atoms with Gasteiger partial charge in [-0.25, -0.2) is 4.79 Å². The number of aliphatic imine (C=N–C) groups is 1. The van der Waals surface area contributed by atoms with Gasteiger partial charge in [0.25, 0.3) is 0 Å². The molecule has 4 nitrogen and oxygen atoms in total. The van der Waals surface area contributed by atoms with E-state index in [2.05, 4.69) is 4.99 Å². The summed E-state index contributed by atoms with van der Waals surface area (Å²) < 4.78 is 0. The fourth-order valence-electron chi connectivity index (χ4n) is 0.692. The summed E-state index contributed by atoms with van der Waals surface area (Å²) in [6.07, 6.45) is 2.29. The fraction of sp³-hybridized carbons (Fsp3) is 0.714. The molecule has 1 atom stereocenters. The van der Waals surface area contributed by atoms with Crippen molar-refractivity contribution in [1.29, 1.82) is 0 Å². The summed E-state index contributed by atoms with van der Waals surface area (Å²) >= 11 is 1.54. The van der Waals surface area contributed by atoms with Crippen LogP contribution in [0, 0.1) is 0 Å². The van der Waals surface area contributed by atoms with Gasteiger partial charge in [0.1, 0.15) is 6.04 Å². The van der Waals surface area contributed by atoms with Gasteiger partial charge in [-0.1, -0.05) is 0 Å². The number of rotatable bonds is 5. The summed E-state index contributed by atoms with van der Waals surface area (Å²) in [4.78, 5) is 13.9. The normalized spacial score (nSPS) is 13.2. The maximum Gasteiger partial charge on any atom is 1.00 e. The molecular weight excluding hydrogens is 201 g/mol. The van der Waals surface area contributed by atoms with Gasteiger partial charge in [-0.2, -0.15) is 11.8 Å². The van der Waals surface area contributed by atoms with E-state index in [-0.39, 0.29) is 29.6 Å². The minimum atomic E-state index is -1.03. The van der Waals surface area contributed by atoms with E-state index in [1.54, 1.807) is 0 Å². The van der Waals surface area contributed by atoms with Gasteiger partial charge < -0.3 is 10.2 Å². The summed E-state index contributed by atoms with van der Waals surface area (Å²) in [7, 11) is 0. The number of aliphatic carboxylic acids is 1. The van der Waals surface area contributed by atoms with Crippen molar-refractivity contribution < 1.29 is 44.6 Å². The summed E-state index contributed by atoms with van der Waals surface area (Å²) in [5, 5.41) is 19.1. The maximum atomic E-state index is 10.5. The Labute approximate surface area is 104 Å². The van der Waals surface area contributed by atoms with Gasteiger partial charge in [-0.15, -0.1) is 0 Å². The zero-order chi connectivity index (χ0) is 9.56. The molecule has 0 heterocycles. The predicted molar refractivity (Wildman–Crippen MR) is 47.5 cm³/mol. The molecule has 0 aliphatic rings.